The third-order valence-corrected chi connectivity index (χ3v) is 2.07. The van der Waals surface area contributed by atoms with E-state index in [0.29, 0.717) is 18.3 Å². The third-order valence-electron chi connectivity index (χ3n) is 2.07. The molecule has 1 unspecified atom stereocenters. The van der Waals surface area contributed by atoms with Crippen molar-refractivity contribution in [3.63, 3.8) is 0 Å². The Labute approximate surface area is 82.1 Å². The lowest BCUT2D eigenvalue weighted by Gasteiger charge is -2.09. The second-order valence-corrected chi connectivity index (χ2v) is 3.12. The molecule has 0 saturated carbocycles. The SMILES string of the molecule is CCC(C)NCc1ocnc1C(=O)O. The first-order valence-corrected chi connectivity index (χ1v) is 4.54. The minimum atomic E-state index is -1.06. The number of rotatable bonds is 5. The van der Waals surface area contributed by atoms with Gasteiger partial charge in [-0.3, -0.25) is 0 Å². The van der Waals surface area contributed by atoms with Gasteiger partial charge in [0, 0.05) is 6.04 Å². The van der Waals surface area contributed by atoms with E-state index in [4.69, 9.17) is 9.52 Å². The zero-order valence-electron chi connectivity index (χ0n) is 8.28. The van der Waals surface area contributed by atoms with Crippen molar-refractivity contribution in [3.05, 3.63) is 17.8 Å². The van der Waals surface area contributed by atoms with Crippen LogP contribution >= 0.6 is 0 Å². The van der Waals surface area contributed by atoms with Crippen molar-refractivity contribution in [2.45, 2.75) is 32.9 Å². The molecule has 0 spiro atoms. The van der Waals surface area contributed by atoms with Crippen LogP contribution in [0.1, 0.15) is 36.5 Å². The average molecular weight is 198 g/mol. The zero-order chi connectivity index (χ0) is 10.6. The molecule has 1 atom stereocenters. The Morgan fingerprint density at radius 2 is 2.50 bits per heavy atom. The Morgan fingerprint density at radius 3 is 3.07 bits per heavy atom. The molecular formula is C9H14N2O3. The lowest BCUT2D eigenvalue weighted by atomic mass is 10.2. The minimum Gasteiger partial charge on any atom is -0.476 e. The Hall–Kier alpha value is -1.36. The van der Waals surface area contributed by atoms with Crippen LogP contribution in [0.25, 0.3) is 0 Å². The Bertz CT molecular complexity index is 309. The van der Waals surface area contributed by atoms with Crippen molar-refractivity contribution < 1.29 is 14.3 Å². The maximum atomic E-state index is 10.6. The topological polar surface area (TPSA) is 75.4 Å². The van der Waals surface area contributed by atoms with Crippen molar-refractivity contribution in [2.75, 3.05) is 0 Å². The van der Waals surface area contributed by atoms with Gasteiger partial charge in [-0.05, 0) is 13.3 Å². The van der Waals surface area contributed by atoms with Gasteiger partial charge in [0.05, 0.1) is 6.54 Å². The van der Waals surface area contributed by atoms with Crippen LogP contribution in [0.2, 0.25) is 0 Å². The molecule has 78 valence electrons. The van der Waals surface area contributed by atoms with E-state index in [1.807, 2.05) is 6.92 Å². The van der Waals surface area contributed by atoms with Crippen LogP contribution in [0, 0.1) is 0 Å². The summed E-state index contributed by atoms with van der Waals surface area (Å²) in [6.07, 6.45) is 2.13. The Kier molecular flexibility index (Phi) is 3.64. The molecular weight excluding hydrogens is 184 g/mol. The molecule has 1 aromatic rings. The van der Waals surface area contributed by atoms with E-state index in [-0.39, 0.29) is 5.69 Å². The highest BCUT2D eigenvalue weighted by atomic mass is 16.4. The second-order valence-electron chi connectivity index (χ2n) is 3.12. The molecule has 14 heavy (non-hydrogen) atoms. The summed E-state index contributed by atoms with van der Waals surface area (Å²) in [6, 6.07) is 0.335. The molecule has 5 nitrogen and oxygen atoms in total. The van der Waals surface area contributed by atoms with Gasteiger partial charge in [0.15, 0.2) is 17.8 Å². The Balaban J connectivity index is 2.58. The maximum Gasteiger partial charge on any atom is 0.358 e. The second kappa shape index (κ2) is 4.76. The smallest absolute Gasteiger partial charge is 0.358 e. The van der Waals surface area contributed by atoms with E-state index in [1.54, 1.807) is 0 Å². The van der Waals surface area contributed by atoms with E-state index in [0.717, 1.165) is 12.8 Å². The quantitative estimate of drug-likeness (QED) is 0.745. The molecule has 0 amide bonds. The molecule has 1 rings (SSSR count). The van der Waals surface area contributed by atoms with Gasteiger partial charge in [-0.15, -0.1) is 0 Å². The van der Waals surface area contributed by atoms with E-state index in [9.17, 15) is 4.79 Å². The normalized spacial score (nSPS) is 12.7. The number of carboxylic acids is 1. The number of carbonyl (C=O) groups is 1. The summed E-state index contributed by atoms with van der Waals surface area (Å²) in [6.45, 7) is 4.48. The molecule has 1 heterocycles. The maximum absolute atomic E-state index is 10.6. The molecule has 0 aliphatic carbocycles. The van der Waals surface area contributed by atoms with Gasteiger partial charge in [-0.2, -0.15) is 0 Å². The lowest BCUT2D eigenvalue weighted by Crippen LogP contribution is -2.25. The van der Waals surface area contributed by atoms with E-state index in [2.05, 4.69) is 17.2 Å². The molecule has 1 aromatic heterocycles. The first-order valence-electron chi connectivity index (χ1n) is 4.54. The summed E-state index contributed by atoms with van der Waals surface area (Å²) < 4.78 is 4.97. The number of hydrogen-bond acceptors (Lipinski definition) is 4. The molecule has 2 N–H and O–H groups in total. The average Bonchev–Trinajstić information content (AvgIpc) is 2.62. The molecule has 0 bridgehead atoms. The minimum absolute atomic E-state index is 0.0131. The van der Waals surface area contributed by atoms with Crippen molar-refractivity contribution >= 4 is 5.97 Å². The zero-order valence-corrected chi connectivity index (χ0v) is 8.28. The number of hydrogen-bond donors (Lipinski definition) is 2. The van der Waals surface area contributed by atoms with Crippen LogP contribution in [0.3, 0.4) is 0 Å². The van der Waals surface area contributed by atoms with Gasteiger partial charge in [0.2, 0.25) is 0 Å². The van der Waals surface area contributed by atoms with Gasteiger partial charge < -0.3 is 14.8 Å². The van der Waals surface area contributed by atoms with Gasteiger partial charge in [-0.1, -0.05) is 6.92 Å². The van der Waals surface area contributed by atoms with Gasteiger partial charge in [0.25, 0.3) is 0 Å². The highest BCUT2D eigenvalue weighted by Crippen LogP contribution is 2.06. The molecule has 0 fully saturated rings. The van der Waals surface area contributed by atoms with Gasteiger partial charge in [0.1, 0.15) is 0 Å². The van der Waals surface area contributed by atoms with E-state index >= 15 is 0 Å². The summed E-state index contributed by atoms with van der Waals surface area (Å²) in [7, 11) is 0. The Morgan fingerprint density at radius 1 is 1.79 bits per heavy atom. The molecule has 5 heteroatoms. The van der Waals surface area contributed by atoms with Crippen LogP contribution in [0.4, 0.5) is 0 Å². The largest absolute Gasteiger partial charge is 0.476 e. The van der Waals surface area contributed by atoms with Crippen LogP contribution in [0.5, 0.6) is 0 Å². The molecule has 0 aliphatic rings. The fraction of sp³-hybridized carbons (Fsp3) is 0.556. The monoisotopic (exact) mass is 198 g/mol. The van der Waals surface area contributed by atoms with Gasteiger partial charge in [-0.25, -0.2) is 9.78 Å². The van der Waals surface area contributed by atoms with Crippen LogP contribution in [-0.2, 0) is 6.54 Å². The highest BCUT2D eigenvalue weighted by molar-refractivity contribution is 5.86. The number of carboxylic acid groups (broad SMARTS) is 1. The van der Waals surface area contributed by atoms with Crippen molar-refractivity contribution in [1.82, 2.24) is 10.3 Å². The number of nitrogens with zero attached hydrogens (tertiary/aromatic N) is 1. The van der Waals surface area contributed by atoms with Crippen molar-refractivity contribution in [1.29, 1.82) is 0 Å². The highest BCUT2D eigenvalue weighted by Gasteiger charge is 2.15. The van der Waals surface area contributed by atoms with Crippen LogP contribution in [0.15, 0.2) is 10.8 Å². The summed E-state index contributed by atoms with van der Waals surface area (Å²) >= 11 is 0. The van der Waals surface area contributed by atoms with Gasteiger partial charge >= 0.3 is 5.97 Å². The predicted molar refractivity (Wildman–Crippen MR) is 50.1 cm³/mol. The molecule has 0 saturated heterocycles. The molecule has 0 aromatic carbocycles. The fourth-order valence-electron chi connectivity index (χ4n) is 0.982. The van der Waals surface area contributed by atoms with Crippen LogP contribution in [-0.4, -0.2) is 22.1 Å². The number of oxazole rings is 1. The van der Waals surface area contributed by atoms with Crippen LogP contribution < -0.4 is 5.32 Å². The summed E-state index contributed by atoms with van der Waals surface area (Å²) in [4.78, 5) is 14.3. The first kappa shape index (κ1) is 10.7. The predicted octanol–water partition coefficient (Wildman–Crippen LogP) is 1.26. The lowest BCUT2D eigenvalue weighted by molar-refractivity contribution is 0.0688. The number of aromatic carboxylic acids is 1. The summed E-state index contributed by atoms with van der Waals surface area (Å²) in [5.41, 5.74) is -0.0131. The standard InChI is InChI=1S/C9H14N2O3/c1-3-6(2)10-4-7-8(9(12)13)11-5-14-7/h5-6,10H,3-4H2,1-2H3,(H,12,13). The first-order chi connectivity index (χ1) is 6.65. The van der Waals surface area contributed by atoms with E-state index in [1.165, 1.54) is 0 Å². The summed E-state index contributed by atoms with van der Waals surface area (Å²) in [5.74, 6) is -0.683. The molecule has 0 radical (unpaired) electrons. The van der Waals surface area contributed by atoms with E-state index < -0.39 is 5.97 Å². The summed E-state index contributed by atoms with van der Waals surface area (Å²) in [5, 5.41) is 11.9. The third kappa shape index (κ3) is 2.56. The fourth-order valence-corrected chi connectivity index (χ4v) is 0.982. The molecule has 0 aliphatic heterocycles. The number of nitrogens with one attached hydrogen (secondary N) is 1. The number of aromatic nitrogens is 1. The van der Waals surface area contributed by atoms with Crippen molar-refractivity contribution in [3.8, 4) is 0 Å². The van der Waals surface area contributed by atoms with Crippen molar-refractivity contribution in [2.24, 2.45) is 0 Å².